The summed E-state index contributed by atoms with van der Waals surface area (Å²) in [5.41, 5.74) is -0.0792. The van der Waals surface area contributed by atoms with Crippen molar-refractivity contribution in [3.63, 3.8) is 0 Å². The van der Waals surface area contributed by atoms with Crippen molar-refractivity contribution in [2.75, 3.05) is 32.8 Å². The predicted molar refractivity (Wildman–Crippen MR) is 89.0 cm³/mol. The quantitative estimate of drug-likeness (QED) is 0.812. The van der Waals surface area contributed by atoms with Crippen LogP contribution in [0.5, 0.6) is 0 Å². The van der Waals surface area contributed by atoms with Gasteiger partial charge in [-0.15, -0.1) is 0 Å². The first kappa shape index (κ1) is 16.6. The Morgan fingerprint density at radius 1 is 1.28 bits per heavy atom. The van der Waals surface area contributed by atoms with Crippen molar-refractivity contribution in [3.8, 4) is 0 Å². The number of aryl methyl sites for hydroxylation is 1. The van der Waals surface area contributed by atoms with Gasteiger partial charge in [-0.05, 0) is 39.0 Å². The summed E-state index contributed by atoms with van der Waals surface area (Å²) in [6.07, 6.45) is 4.46. The second-order valence-electron chi connectivity index (χ2n) is 7.53. The third-order valence-electron chi connectivity index (χ3n) is 5.89. The van der Waals surface area contributed by atoms with Crippen molar-refractivity contribution in [3.05, 3.63) is 17.5 Å². The van der Waals surface area contributed by atoms with Crippen LogP contribution in [0.4, 0.5) is 0 Å². The molecule has 0 radical (unpaired) electrons. The number of rotatable bonds is 2. The number of likely N-dealkylation sites (tertiary alicyclic amines) is 2. The van der Waals surface area contributed by atoms with Crippen LogP contribution in [-0.4, -0.2) is 65.7 Å². The maximum Gasteiger partial charge on any atom is 0.276 e. The molecule has 7 nitrogen and oxygen atoms in total. The van der Waals surface area contributed by atoms with E-state index in [1.807, 2.05) is 0 Å². The average Bonchev–Trinajstić information content (AvgIpc) is 3.25. The van der Waals surface area contributed by atoms with Crippen molar-refractivity contribution in [1.82, 2.24) is 15.0 Å². The molecule has 1 aromatic heterocycles. The lowest BCUT2D eigenvalue weighted by Crippen LogP contribution is -2.55. The normalized spacial score (nSPS) is 28.1. The molecular formula is C18H25N3O4. The highest BCUT2D eigenvalue weighted by molar-refractivity contribution is 5.94. The molecule has 0 unspecified atom stereocenters. The summed E-state index contributed by atoms with van der Waals surface area (Å²) < 4.78 is 10.5. The number of ether oxygens (including phenoxy) is 1. The molecule has 2 amide bonds. The van der Waals surface area contributed by atoms with Gasteiger partial charge in [-0.1, -0.05) is 5.16 Å². The van der Waals surface area contributed by atoms with Crippen LogP contribution in [0.1, 0.15) is 48.4 Å². The first-order valence-corrected chi connectivity index (χ1v) is 9.20. The summed E-state index contributed by atoms with van der Waals surface area (Å²) in [7, 11) is 0. The summed E-state index contributed by atoms with van der Waals surface area (Å²) in [5, 5.41) is 3.83. The van der Waals surface area contributed by atoms with Crippen LogP contribution < -0.4 is 0 Å². The van der Waals surface area contributed by atoms with E-state index in [2.05, 4.69) is 10.1 Å². The van der Waals surface area contributed by atoms with E-state index in [0.29, 0.717) is 30.6 Å². The molecule has 7 heteroatoms. The Kier molecular flexibility index (Phi) is 4.27. The second-order valence-corrected chi connectivity index (χ2v) is 7.53. The third-order valence-corrected chi connectivity index (χ3v) is 5.89. The Balaban J connectivity index is 1.48. The lowest BCUT2D eigenvalue weighted by atomic mass is 9.77. The molecule has 0 N–H and O–H groups in total. The number of carbonyl (C=O) groups is 2. The second kappa shape index (κ2) is 6.44. The maximum atomic E-state index is 13.3. The summed E-state index contributed by atoms with van der Waals surface area (Å²) in [4.78, 5) is 29.7. The first-order chi connectivity index (χ1) is 12.1. The molecule has 0 saturated carbocycles. The highest BCUT2D eigenvalue weighted by Crippen LogP contribution is 2.41. The van der Waals surface area contributed by atoms with Crippen molar-refractivity contribution in [2.45, 2.75) is 45.1 Å². The number of piperidine rings is 1. The Bertz CT molecular complexity index is 667. The van der Waals surface area contributed by atoms with Gasteiger partial charge in [0.25, 0.3) is 5.91 Å². The molecule has 3 saturated heterocycles. The molecule has 1 spiro atoms. The topological polar surface area (TPSA) is 75.9 Å². The van der Waals surface area contributed by atoms with Gasteiger partial charge in [-0.25, -0.2) is 0 Å². The van der Waals surface area contributed by atoms with Gasteiger partial charge in [0, 0.05) is 45.0 Å². The molecule has 0 aliphatic carbocycles. The van der Waals surface area contributed by atoms with Gasteiger partial charge < -0.3 is 19.1 Å². The van der Waals surface area contributed by atoms with E-state index < -0.39 is 5.41 Å². The van der Waals surface area contributed by atoms with Crippen molar-refractivity contribution in [1.29, 1.82) is 0 Å². The van der Waals surface area contributed by atoms with E-state index in [1.54, 1.807) is 17.9 Å². The fraction of sp³-hybridized carbons (Fsp3) is 0.722. The van der Waals surface area contributed by atoms with Crippen molar-refractivity contribution in [2.24, 2.45) is 5.41 Å². The Morgan fingerprint density at radius 2 is 2.08 bits per heavy atom. The van der Waals surface area contributed by atoms with Crippen LogP contribution in [0.3, 0.4) is 0 Å². The lowest BCUT2D eigenvalue weighted by molar-refractivity contribution is -0.150. The smallest absolute Gasteiger partial charge is 0.276 e. The minimum atomic E-state index is -0.412. The Morgan fingerprint density at radius 3 is 2.80 bits per heavy atom. The molecule has 25 heavy (non-hydrogen) atoms. The molecule has 1 atom stereocenters. The molecule has 1 aromatic rings. The number of amides is 2. The predicted octanol–water partition coefficient (Wildman–Crippen LogP) is 1.62. The monoisotopic (exact) mass is 347 g/mol. The van der Waals surface area contributed by atoms with Gasteiger partial charge in [0.1, 0.15) is 5.76 Å². The molecule has 3 aliphatic rings. The van der Waals surface area contributed by atoms with E-state index in [4.69, 9.17) is 9.26 Å². The number of nitrogens with zero attached hydrogens (tertiary/aromatic N) is 3. The molecular weight excluding hydrogens is 322 g/mol. The van der Waals surface area contributed by atoms with Crippen molar-refractivity contribution >= 4 is 11.8 Å². The highest BCUT2D eigenvalue weighted by atomic mass is 16.5. The third kappa shape index (κ3) is 2.94. The van der Waals surface area contributed by atoms with Gasteiger partial charge in [0.15, 0.2) is 5.69 Å². The number of carbonyl (C=O) groups excluding carboxylic acids is 2. The molecule has 0 aromatic carbocycles. The average molecular weight is 347 g/mol. The van der Waals surface area contributed by atoms with Crippen molar-refractivity contribution < 1.29 is 18.8 Å². The van der Waals surface area contributed by atoms with Crippen LogP contribution in [0.25, 0.3) is 0 Å². The molecule has 0 bridgehead atoms. The maximum absolute atomic E-state index is 13.3. The first-order valence-electron chi connectivity index (χ1n) is 9.20. The van der Waals surface area contributed by atoms with E-state index in [0.717, 1.165) is 51.9 Å². The number of aromatic nitrogens is 1. The largest absolute Gasteiger partial charge is 0.381 e. The number of hydrogen-bond donors (Lipinski definition) is 0. The zero-order chi connectivity index (χ0) is 17.4. The van der Waals surface area contributed by atoms with E-state index in [-0.39, 0.29) is 11.8 Å². The van der Waals surface area contributed by atoms with E-state index >= 15 is 0 Å². The summed E-state index contributed by atoms with van der Waals surface area (Å²) in [5.74, 6) is 0.721. The van der Waals surface area contributed by atoms with Gasteiger partial charge in [-0.3, -0.25) is 9.59 Å². The molecule has 4 rings (SSSR count). The van der Waals surface area contributed by atoms with E-state index in [9.17, 15) is 9.59 Å². The van der Waals surface area contributed by atoms with Gasteiger partial charge in [0.2, 0.25) is 5.91 Å². The standard InChI is InChI=1S/C18H25N3O4/c1-13-11-15(19-25-13)16(22)20-8-6-18(12-20)5-2-7-21(17(18)23)14-3-9-24-10-4-14/h11,14H,2-10,12H2,1H3/t18-/m1/s1. The fourth-order valence-corrected chi connectivity index (χ4v) is 4.50. The molecule has 4 heterocycles. The zero-order valence-electron chi connectivity index (χ0n) is 14.7. The Labute approximate surface area is 147 Å². The fourth-order valence-electron chi connectivity index (χ4n) is 4.50. The van der Waals surface area contributed by atoms with Crippen LogP contribution in [0.2, 0.25) is 0 Å². The van der Waals surface area contributed by atoms with Gasteiger partial charge in [-0.2, -0.15) is 0 Å². The van der Waals surface area contributed by atoms with E-state index in [1.165, 1.54) is 0 Å². The highest BCUT2D eigenvalue weighted by Gasteiger charge is 2.50. The summed E-state index contributed by atoms with van der Waals surface area (Å²) in [6.45, 7) is 5.18. The van der Waals surface area contributed by atoms with Crippen LogP contribution in [-0.2, 0) is 9.53 Å². The SMILES string of the molecule is Cc1cc(C(=O)N2CC[C@]3(CCCN(C4CCOCC4)C3=O)C2)no1. The Hall–Kier alpha value is -1.89. The van der Waals surface area contributed by atoms with Crippen LogP contribution in [0, 0.1) is 12.3 Å². The van der Waals surface area contributed by atoms with Crippen LogP contribution >= 0.6 is 0 Å². The van der Waals surface area contributed by atoms with Crippen LogP contribution in [0.15, 0.2) is 10.6 Å². The molecule has 136 valence electrons. The summed E-state index contributed by atoms with van der Waals surface area (Å²) in [6, 6.07) is 1.95. The van der Waals surface area contributed by atoms with Gasteiger partial charge in [0.05, 0.1) is 5.41 Å². The zero-order valence-corrected chi connectivity index (χ0v) is 14.7. The molecule has 3 fully saturated rings. The summed E-state index contributed by atoms with van der Waals surface area (Å²) >= 11 is 0. The lowest BCUT2D eigenvalue weighted by Gasteiger charge is -2.44. The minimum absolute atomic E-state index is 0.135. The molecule has 3 aliphatic heterocycles. The van der Waals surface area contributed by atoms with Gasteiger partial charge >= 0.3 is 0 Å². The number of hydrogen-bond acceptors (Lipinski definition) is 5. The minimum Gasteiger partial charge on any atom is -0.381 e.